The molecule has 6 nitrogen and oxygen atoms in total. The number of rotatable bonds is 3. The average Bonchev–Trinajstić information content (AvgIpc) is 3.19. The molecule has 1 unspecified atom stereocenters. The monoisotopic (exact) mass is 336 g/mol. The Morgan fingerprint density at radius 1 is 1.25 bits per heavy atom. The van der Waals surface area contributed by atoms with Crippen molar-refractivity contribution in [3.63, 3.8) is 0 Å². The number of allylic oxidation sites excluding steroid dienone is 2. The number of carboxylic acids is 2. The van der Waals surface area contributed by atoms with E-state index in [2.05, 4.69) is 0 Å². The maximum Gasteiger partial charge on any atom is 0.354 e. The molecule has 2 N–H and O–H groups in total. The maximum absolute atomic E-state index is 11.7. The maximum atomic E-state index is 11.7. The molecule has 1 fully saturated rings. The highest BCUT2D eigenvalue weighted by molar-refractivity contribution is 6.50. The first-order valence-electron chi connectivity index (χ1n) is 5.42. The van der Waals surface area contributed by atoms with Crippen LogP contribution in [0.15, 0.2) is 20.8 Å². The second kappa shape index (κ2) is 4.85. The lowest BCUT2D eigenvalue weighted by Gasteiger charge is -2.40. The number of carbonyl (C=O) groups is 2. The Kier molecular flexibility index (Phi) is 3.63. The van der Waals surface area contributed by atoms with Crippen LogP contribution in [0, 0.1) is 17.4 Å². The van der Waals surface area contributed by atoms with Gasteiger partial charge in [-0.25, -0.2) is 14.5 Å². The zero-order valence-electron chi connectivity index (χ0n) is 9.73. The quantitative estimate of drug-likeness (QED) is 0.766. The van der Waals surface area contributed by atoms with Gasteiger partial charge in [-0.3, -0.25) is 0 Å². The Labute approximate surface area is 128 Å². The second-order valence-corrected chi connectivity index (χ2v) is 5.51. The fourth-order valence-corrected chi connectivity index (χ4v) is 3.24. The van der Waals surface area contributed by atoms with E-state index < -0.39 is 34.1 Å². The van der Waals surface area contributed by atoms with E-state index in [1.54, 1.807) is 6.19 Å². The van der Waals surface area contributed by atoms with Crippen molar-refractivity contribution in [2.24, 2.45) is 5.92 Å². The van der Waals surface area contributed by atoms with E-state index in [0.29, 0.717) is 17.7 Å². The summed E-state index contributed by atoms with van der Waals surface area (Å²) in [4.78, 5) is 23.6. The van der Waals surface area contributed by atoms with E-state index in [1.165, 1.54) is 0 Å². The molecule has 1 saturated carbocycles. The third-order valence-corrected chi connectivity index (χ3v) is 4.72. The Morgan fingerprint density at radius 3 is 2.15 bits per heavy atom. The molecule has 1 heterocycles. The number of carboxylic acid groups (broad SMARTS) is 2. The van der Waals surface area contributed by atoms with Gasteiger partial charge in [-0.1, -0.05) is 34.8 Å². The van der Waals surface area contributed by atoms with Gasteiger partial charge in [-0.2, -0.15) is 5.26 Å². The van der Waals surface area contributed by atoms with Gasteiger partial charge in [0.2, 0.25) is 0 Å². The van der Waals surface area contributed by atoms with Crippen molar-refractivity contribution < 1.29 is 19.8 Å². The van der Waals surface area contributed by atoms with Gasteiger partial charge in [-0.05, 0) is 18.8 Å². The zero-order valence-corrected chi connectivity index (χ0v) is 12.0. The molecule has 0 bridgehead atoms. The SMILES string of the molecule is N#CN1C(C(=O)O)=C(Cl)C(Cl)=C(Cl)C1(C(=O)O)C1CC1. The Bertz CT molecular complexity index is 618. The van der Waals surface area contributed by atoms with Crippen LogP contribution in [0.5, 0.6) is 0 Å². The minimum atomic E-state index is -2.00. The summed E-state index contributed by atoms with van der Waals surface area (Å²) in [5, 5.41) is 26.8. The number of nitrogens with zero attached hydrogens (tertiary/aromatic N) is 2. The first-order chi connectivity index (χ1) is 9.29. The van der Waals surface area contributed by atoms with Crippen LogP contribution in [0.1, 0.15) is 12.8 Å². The third kappa shape index (κ3) is 1.78. The molecule has 1 atom stereocenters. The molecular weight excluding hydrogens is 330 g/mol. The van der Waals surface area contributed by atoms with Gasteiger partial charge in [0.05, 0.1) is 15.1 Å². The van der Waals surface area contributed by atoms with Crippen molar-refractivity contribution >= 4 is 46.7 Å². The highest BCUT2D eigenvalue weighted by Gasteiger charge is 2.62. The lowest BCUT2D eigenvalue weighted by Crippen LogP contribution is -2.57. The summed E-state index contributed by atoms with van der Waals surface area (Å²) in [6.45, 7) is 0. The fourth-order valence-electron chi connectivity index (χ4n) is 2.29. The number of aliphatic carboxylic acids is 2. The molecule has 9 heteroatoms. The van der Waals surface area contributed by atoms with Crippen molar-refractivity contribution in [2.45, 2.75) is 18.4 Å². The van der Waals surface area contributed by atoms with Gasteiger partial charge < -0.3 is 10.2 Å². The molecule has 0 amide bonds. The Morgan fingerprint density at radius 2 is 1.80 bits per heavy atom. The highest BCUT2D eigenvalue weighted by Crippen LogP contribution is 2.54. The molecule has 20 heavy (non-hydrogen) atoms. The van der Waals surface area contributed by atoms with Crippen LogP contribution < -0.4 is 0 Å². The minimum Gasteiger partial charge on any atom is -0.479 e. The number of halogens is 3. The smallest absolute Gasteiger partial charge is 0.354 e. The number of hydrogen-bond donors (Lipinski definition) is 2. The van der Waals surface area contributed by atoms with Gasteiger partial charge in [0, 0.05) is 0 Å². The predicted octanol–water partition coefficient (Wildman–Crippen LogP) is 2.24. The van der Waals surface area contributed by atoms with Crippen molar-refractivity contribution in [1.29, 1.82) is 5.26 Å². The molecule has 1 aliphatic heterocycles. The van der Waals surface area contributed by atoms with Gasteiger partial charge in [0.1, 0.15) is 0 Å². The van der Waals surface area contributed by atoms with E-state index in [-0.39, 0.29) is 10.1 Å². The molecule has 2 rings (SSSR count). The summed E-state index contributed by atoms with van der Waals surface area (Å²) in [6, 6.07) is 0. The fraction of sp³-hybridized carbons (Fsp3) is 0.364. The van der Waals surface area contributed by atoms with Crippen LogP contribution in [-0.4, -0.2) is 32.6 Å². The second-order valence-electron chi connectivity index (χ2n) is 4.38. The van der Waals surface area contributed by atoms with E-state index in [0.717, 1.165) is 0 Å². The van der Waals surface area contributed by atoms with Crippen molar-refractivity contribution in [3.05, 3.63) is 20.8 Å². The van der Waals surface area contributed by atoms with E-state index in [9.17, 15) is 25.1 Å². The summed E-state index contributed by atoms with van der Waals surface area (Å²) in [5.41, 5.74) is -2.68. The van der Waals surface area contributed by atoms with Gasteiger partial charge in [0.15, 0.2) is 17.4 Å². The van der Waals surface area contributed by atoms with E-state index in [4.69, 9.17) is 34.8 Å². The van der Waals surface area contributed by atoms with Crippen LogP contribution in [0.3, 0.4) is 0 Å². The van der Waals surface area contributed by atoms with Crippen LogP contribution >= 0.6 is 34.8 Å². The summed E-state index contributed by atoms with van der Waals surface area (Å²) in [6.07, 6.45) is 2.55. The van der Waals surface area contributed by atoms with Crippen LogP contribution in [0.4, 0.5) is 0 Å². The molecule has 0 spiro atoms. The van der Waals surface area contributed by atoms with Crippen molar-refractivity contribution in [1.82, 2.24) is 4.90 Å². The van der Waals surface area contributed by atoms with E-state index >= 15 is 0 Å². The van der Waals surface area contributed by atoms with Crippen LogP contribution in [-0.2, 0) is 9.59 Å². The van der Waals surface area contributed by atoms with Crippen LogP contribution in [0.2, 0.25) is 0 Å². The summed E-state index contributed by atoms with van der Waals surface area (Å²) >= 11 is 17.7. The number of hydrogen-bond acceptors (Lipinski definition) is 4. The van der Waals surface area contributed by atoms with E-state index in [1.807, 2.05) is 0 Å². The molecule has 0 aromatic rings. The first-order valence-corrected chi connectivity index (χ1v) is 6.56. The highest BCUT2D eigenvalue weighted by atomic mass is 35.5. The summed E-state index contributed by atoms with van der Waals surface area (Å²) in [5.74, 6) is -3.49. The molecule has 0 aromatic carbocycles. The van der Waals surface area contributed by atoms with Crippen LogP contribution in [0.25, 0.3) is 0 Å². The van der Waals surface area contributed by atoms with Gasteiger partial charge in [-0.15, -0.1) is 0 Å². The molecule has 106 valence electrons. The Balaban J connectivity index is 2.80. The summed E-state index contributed by atoms with van der Waals surface area (Å²) < 4.78 is 0. The zero-order chi connectivity index (χ0) is 15.2. The molecule has 0 radical (unpaired) electrons. The molecule has 0 aromatic heterocycles. The Hall–Kier alpha value is -1.42. The van der Waals surface area contributed by atoms with Gasteiger partial charge in [0.25, 0.3) is 0 Å². The topological polar surface area (TPSA) is 102 Å². The van der Waals surface area contributed by atoms with Crippen molar-refractivity contribution in [2.75, 3.05) is 0 Å². The lowest BCUT2D eigenvalue weighted by atomic mass is 9.87. The molecular formula is C11H7Cl3N2O4. The molecule has 0 saturated heterocycles. The normalized spacial score (nSPS) is 26.6. The average molecular weight is 338 g/mol. The predicted molar refractivity (Wildman–Crippen MR) is 69.8 cm³/mol. The largest absolute Gasteiger partial charge is 0.479 e. The lowest BCUT2D eigenvalue weighted by molar-refractivity contribution is -0.148. The standard InChI is InChI=1S/C11H7Cl3N2O4/c12-5-6(13)8(14)11(10(19)20,4-1-2-4)16(3-15)7(5)9(17)18/h4H,1-2H2,(H,17,18)(H,19,20). The summed E-state index contributed by atoms with van der Waals surface area (Å²) in [7, 11) is 0. The third-order valence-electron chi connectivity index (χ3n) is 3.30. The number of nitriles is 1. The minimum absolute atomic E-state index is 0.342. The van der Waals surface area contributed by atoms with Gasteiger partial charge >= 0.3 is 11.9 Å². The first kappa shape index (κ1) is 15.0. The molecule has 2 aliphatic rings. The van der Waals surface area contributed by atoms with Crippen molar-refractivity contribution in [3.8, 4) is 6.19 Å². The molecule has 1 aliphatic carbocycles.